The lowest BCUT2D eigenvalue weighted by atomic mass is 10.2. The summed E-state index contributed by atoms with van der Waals surface area (Å²) < 4.78 is 14.7. The van der Waals surface area contributed by atoms with E-state index in [-0.39, 0.29) is 31.1 Å². The molecule has 0 bridgehead atoms. The summed E-state index contributed by atoms with van der Waals surface area (Å²) in [4.78, 5) is 40.9. The molecule has 178 valence electrons. The minimum absolute atomic E-state index is 0.0489. The topological polar surface area (TPSA) is 152 Å². The molecule has 2 aromatic rings. The van der Waals surface area contributed by atoms with Crippen LogP contribution in [0.2, 0.25) is 0 Å². The fraction of sp³-hybridized carbons (Fsp3) is 0.435. The molecule has 0 radical (unpaired) electrons. The third kappa shape index (κ3) is 9.14. The minimum atomic E-state index is -0.964. The van der Waals surface area contributed by atoms with Crippen molar-refractivity contribution in [3.05, 3.63) is 48.5 Å². The van der Waals surface area contributed by atoms with Crippen molar-refractivity contribution in [3.63, 3.8) is 0 Å². The molecule has 0 saturated carbocycles. The van der Waals surface area contributed by atoms with E-state index in [0.29, 0.717) is 17.7 Å². The van der Waals surface area contributed by atoms with Gasteiger partial charge < -0.3 is 25.7 Å². The molecule has 10 nitrogen and oxygen atoms in total. The number of nitrogen functional groups attached to an aromatic ring is 1. The lowest BCUT2D eigenvalue weighted by Gasteiger charge is -2.18. The summed E-state index contributed by atoms with van der Waals surface area (Å²) in [6.45, 7) is 1.04. The third-order valence-electron chi connectivity index (χ3n) is 4.83. The zero-order valence-electron chi connectivity index (χ0n) is 19.8. The number of aromatic nitrogens is 2. The van der Waals surface area contributed by atoms with E-state index in [9.17, 15) is 14.4 Å². The average molecular weight is 458 g/mol. The SMILES string of the molecule is [2H]C(CCCCC)OC(=O)C(CNC(=O)CCC(=O)Nc1ccc(C(=N)N)cc1)n1ccnc1. The zero-order valence-corrected chi connectivity index (χ0v) is 18.8. The first-order valence-corrected chi connectivity index (χ1v) is 10.9. The number of esters is 1. The van der Waals surface area contributed by atoms with Gasteiger partial charge in [-0.05, 0) is 30.7 Å². The van der Waals surface area contributed by atoms with Crippen LogP contribution in [0.25, 0.3) is 0 Å². The van der Waals surface area contributed by atoms with Gasteiger partial charge in [0.15, 0.2) is 0 Å². The summed E-state index contributed by atoms with van der Waals surface area (Å²) in [6.07, 6.45) is 7.64. The number of anilines is 1. The smallest absolute Gasteiger partial charge is 0.330 e. The predicted molar refractivity (Wildman–Crippen MR) is 125 cm³/mol. The minimum Gasteiger partial charge on any atom is -0.464 e. The molecule has 33 heavy (non-hydrogen) atoms. The van der Waals surface area contributed by atoms with Gasteiger partial charge >= 0.3 is 5.97 Å². The maximum atomic E-state index is 12.6. The molecule has 2 rings (SSSR count). The summed E-state index contributed by atoms with van der Waals surface area (Å²) in [5, 5.41) is 12.7. The summed E-state index contributed by atoms with van der Waals surface area (Å²) >= 11 is 0. The normalized spacial score (nSPS) is 12.8. The number of amides is 2. The number of nitrogens with one attached hydrogen (secondary N) is 3. The first-order chi connectivity index (χ1) is 16.3. The summed E-state index contributed by atoms with van der Waals surface area (Å²) in [5.41, 5.74) is 6.47. The molecule has 0 saturated heterocycles. The van der Waals surface area contributed by atoms with Gasteiger partial charge in [0.25, 0.3) is 0 Å². The van der Waals surface area contributed by atoms with E-state index >= 15 is 0 Å². The second-order valence-electron chi connectivity index (χ2n) is 7.47. The second-order valence-corrected chi connectivity index (χ2v) is 7.47. The molecular weight excluding hydrogens is 424 g/mol. The molecular formula is C23H32N6O4. The molecule has 5 N–H and O–H groups in total. The van der Waals surface area contributed by atoms with Crippen LogP contribution in [-0.2, 0) is 19.1 Å². The van der Waals surface area contributed by atoms with Crippen LogP contribution in [0.15, 0.2) is 43.0 Å². The Labute approximate surface area is 194 Å². The highest BCUT2D eigenvalue weighted by Gasteiger charge is 2.22. The Hall–Kier alpha value is -3.69. The molecule has 0 spiro atoms. The van der Waals surface area contributed by atoms with Gasteiger partial charge in [0, 0.05) is 43.0 Å². The standard InChI is InChI=1S/C23H32N6O4/c1-2-3-4-5-14-33-23(32)19(29-13-12-26-16-29)15-27-20(30)10-11-21(31)28-18-8-6-17(7-9-18)22(24)25/h6-9,12-13,16,19H,2-5,10-11,14-15H2,1H3,(H3,24,25)(H,27,30)(H,28,31)/i14D. The lowest BCUT2D eigenvalue weighted by Crippen LogP contribution is -2.35. The maximum Gasteiger partial charge on any atom is 0.330 e. The van der Waals surface area contributed by atoms with Crippen molar-refractivity contribution in [3.8, 4) is 0 Å². The largest absolute Gasteiger partial charge is 0.464 e. The van der Waals surface area contributed by atoms with Crippen LogP contribution in [0.4, 0.5) is 5.69 Å². The molecule has 1 heterocycles. The number of carbonyl (C=O) groups is 3. The summed E-state index contributed by atoms with van der Waals surface area (Å²) in [6, 6.07) is 5.62. The van der Waals surface area contributed by atoms with E-state index in [1.165, 1.54) is 17.1 Å². The number of nitrogens with two attached hydrogens (primary N) is 1. The predicted octanol–water partition coefficient (Wildman–Crippen LogP) is 2.37. The molecule has 2 amide bonds. The molecule has 0 fully saturated rings. The van der Waals surface area contributed by atoms with Crippen LogP contribution in [0.1, 0.15) is 58.4 Å². The first kappa shape index (κ1) is 24.0. The van der Waals surface area contributed by atoms with Crippen molar-refractivity contribution < 1.29 is 20.5 Å². The highest BCUT2D eigenvalue weighted by Crippen LogP contribution is 2.11. The van der Waals surface area contributed by atoms with E-state index in [4.69, 9.17) is 17.3 Å². The van der Waals surface area contributed by atoms with Crippen molar-refractivity contribution in [1.29, 1.82) is 5.41 Å². The van der Waals surface area contributed by atoms with Crippen LogP contribution >= 0.6 is 0 Å². The van der Waals surface area contributed by atoms with Gasteiger partial charge in [-0.25, -0.2) is 9.78 Å². The second kappa shape index (κ2) is 13.7. The fourth-order valence-corrected chi connectivity index (χ4v) is 2.94. The Bertz CT molecular complexity index is 949. The van der Waals surface area contributed by atoms with Gasteiger partial charge in [-0.2, -0.15) is 0 Å². The highest BCUT2D eigenvalue weighted by molar-refractivity contribution is 5.96. The number of unbranched alkanes of at least 4 members (excludes halogenated alkanes) is 2. The van der Waals surface area contributed by atoms with Crippen molar-refractivity contribution >= 4 is 29.3 Å². The average Bonchev–Trinajstić information content (AvgIpc) is 3.33. The third-order valence-corrected chi connectivity index (χ3v) is 4.83. The van der Waals surface area contributed by atoms with Crippen LogP contribution in [0, 0.1) is 5.41 Å². The van der Waals surface area contributed by atoms with Crippen LogP contribution < -0.4 is 16.4 Å². The number of hydrogen-bond acceptors (Lipinski definition) is 6. The van der Waals surface area contributed by atoms with Crippen LogP contribution in [0.5, 0.6) is 0 Å². The first-order valence-electron chi connectivity index (χ1n) is 11.5. The number of hydrogen-bond donors (Lipinski definition) is 4. The highest BCUT2D eigenvalue weighted by atomic mass is 16.5. The molecule has 2 unspecified atom stereocenters. The summed E-state index contributed by atoms with van der Waals surface area (Å²) in [7, 11) is 0. The molecule has 1 aromatic heterocycles. The van der Waals surface area contributed by atoms with Gasteiger partial charge in [0.05, 0.1) is 14.3 Å². The van der Waals surface area contributed by atoms with Gasteiger partial charge in [-0.15, -0.1) is 0 Å². The van der Waals surface area contributed by atoms with E-state index in [1.54, 1.807) is 30.5 Å². The van der Waals surface area contributed by atoms with Crippen LogP contribution in [-0.4, -0.2) is 46.3 Å². The Balaban J connectivity index is 1.81. The summed E-state index contributed by atoms with van der Waals surface area (Å²) in [5.74, 6) is -1.44. The zero-order chi connectivity index (χ0) is 24.9. The van der Waals surface area contributed by atoms with Gasteiger partial charge in [0.2, 0.25) is 11.8 Å². The van der Waals surface area contributed by atoms with Crippen molar-refractivity contribution in [1.82, 2.24) is 14.9 Å². The van der Waals surface area contributed by atoms with E-state index in [0.717, 1.165) is 19.3 Å². The van der Waals surface area contributed by atoms with E-state index in [1.807, 2.05) is 0 Å². The Kier molecular flexibility index (Phi) is 9.92. The molecule has 0 aliphatic heterocycles. The fourth-order valence-electron chi connectivity index (χ4n) is 2.94. The number of nitrogens with zero attached hydrogens (tertiary/aromatic N) is 2. The van der Waals surface area contributed by atoms with Crippen LogP contribution in [0.3, 0.4) is 0 Å². The molecule has 0 aliphatic rings. The van der Waals surface area contributed by atoms with Gasteiger partial charge in [-0.1, -0.05) is 26.2 Å². The van der Waals surface area contributed by atoms with Crippen molar-refractivity contribution in [2.45, 2.75) is 51.5 Å². The lowest BCUT2D eigenvalue weighted by molar-refractivity contribution is -0.147. The van der Waals surface area contributed by atoms with Gasteiger partial charge in [0.1, 0.15) is 11.9 Å². The number of ether oxygens (including phenoxy) is 1. The van der Waals surface area contributed by atoms with Crippen molar-refractivity contribution in [2.24, 2.45) is 5.73 Å². The quantitative estimate of drug-likeness (QED) is 0.148. The number of imidazole rings is 1. The van der Waals surface area contributed by atoms with E-state index in [2.05, 4.69) is 22.5 Å². The monoisotopic (exact) mass is 457 g/mol. The maximum absolute atomic E-state index is 12.6. The molecule has 1 aromatic carbocycles. The van der Waals surface area contributed by atoms with Gasteiger partial charge in [-0.3, -0.25) is 15.0 Å². The Morgan fingerprint density at radius 3 is 2.55 bits per heavy atom. The number of carbonyl (C=O) groups excluding carboxylic acids is 3. The molecule has 10 heteroatoms. The van der Waals surface area contributed by atoms with Crippen molar-refractivity contribution in [2.75, 3.05) is 18.4 Å². The number of rotatable bonds is 14. The Morgan fingerprint density at radius 1 is 1.18 bits per heavy atom. The van der Waals surface area contributed by atoms with E-state index < -0.39 is 24.5 Å². The Morgan fingerprint density at radius 2 is 1.91 bits per heavy atom. The molecule has 0 aliphatic carbocycles. The number of benzene rings is 1. The molecule has 2 atom stereocenters. The number of amidine groups is 1.